The lowest BCUT2D eigenvalue weighted by molar-refractivity contribution is -0.137. The second kappa shape index (κ2) is 4.80. The van der Waals surface area contributed by atoms with Gasteiger partial charge in [-0.1, -0.05) is 5.92 Å². The van der Waals surface area contributed by atoms with E-state index < -0.39 is 11.7 Å². The van der Waals surface area contributed by atoms with Crippen LogP contribution in [0.3, 0.4) is 0 Å². The van der Waals surface area contributed by atoms with E-state index in [1.165, 1.54) is 6.07 Å². The van der Waals surface area contributed by atoms with Gasteiger partial charge in [-0.25, -0.2) is 4.98 Å². The molecule has 0 aliphatic carbocycles. The van der Waals surface area contributed by atoms with Gasteiger partial charge in [0, 0.05) is 19.2 Å². The SMILES string of the molecule is NCCC#Cc1ccc(C(F)(F)F)cn1. The molecule has 0 aliphatic heterocycles. The monoisotopic (exact) mass is 214 g/mol. The molecule has 15 heavy (non-hydrogen) atoms. The van der Waals surface area contributed by atoms with E-state index in [1.807, 2.05) is 0 Å². The quantitative estimate of drug-likeness (QED) is 0.724. The van der Waals surface area contributed by atoms with Crippen molar-refractivity contribution in [1.29, 1.82) is 0 Å². The zero-order chi connectivity index (χ0) is 11.3. The summed E-state index contributed by atoms with van der Waals surface area (Å²) in [5.74, 6) is 5.31. The van der Waals surface area contributed by atoms with Crippen molar-refractivity contribution in [3.8, 4) is 11.8 Å². The van der Waals surface area contributed by atoms with Crippen LogP contribution in [-0.4, -0.2) is 11.5 Å². The smallest absolute Gasteiger partial charge is 0.330 e. The Morgan fingerprint density at radius 3 is 2.53 bits per heavy atom. The van der Waals surface area contributed by atoms with Crippen LogP contribution in [0.25, 0.3) is 0 Å². The number of aromatic nitrogens is 1. The van der Waals surface area contributed by atoms with Crippen LogP contribution < -0.4 is 5.73 Å². The van der Waals surface area contributed by atoms with Crippen molar-refractivity contribution in [2.75, 3.05) is 6.54 Å². The van der Waals surface area contributed by atoms with Crippen molar-refractivity contribution < 1.29 is 13.2 Å². The summed E-state index contributed by atoms with van der Waals surface area (Å²) < 4.78 is 36.4. The predicted octanol–water partition coefficient (Wildman–Crippen LogP) is 1.80. The fraction of sp³-hybridized carbons (Fsp3) is 0.300. The van der Waals surface area contributed by atoms with E-state index in [0.717, 1.165) is 12.3 Å². The van der Waals surface area contributed by atoms with Crippen LogP contribution in [0.15, 0.2) is 18.3 Å². The highest BCUT2D eigenvalue weighted by Crippen LogP contribution is 2.28. The Balaban J connectivity index is 2.79. The first-order valence-electron chi connectivity index (χ1n) is 4.26. The van der Waals surface area contributed by atoms with Crippen LogP contribution in [0.2, 0.25) is 0 Å². The summed E-state index contributed by atoms with van der Waals surface area (Å²) in [6.45, 7) is 0.424. The molecule has 80 valence electrons. The third-order valence-electron chi connectivity index (χ3n) is 1.58. The third kappa shape index (κ3) is 3.60. The molecule has 0 spiro atoms. The average Bonchev–Trinajstić information content (AvgIpc) is 2.18. The maximum absolute atomic E-state index is 12.1. The van der Waals surface area contributed by atoms with Gasteiger partial charge in [-0.2, -0.15) is 13.2 Å². The molecular weight excluding hydrogens is 205 g/mol. The van der Waals surface area contributed by atoms with Gasteiger partial charge in [-0.3, -0.25) is 0 Å². The molecular formula is C10H9F3N2. The summed E-state index contributed by atoms with van der Waals surface area (Å²) in [6.07, 6.45) is -3.08. The molecule has 0 radical (unpaired) electrons. The van der Waals surface area contributed by atoms with E-state index in [0.29, 0.717) is 18.7 Å². The van der Waals surface area contributed by atoms with Crippen molar-refractivity contribution in [2.45, 2.75) is 12.6 Å². The molecule has 1 heterocycles. The lowest BCUT2D eigenvalue weighted by atomic mass is 10.2. The van der Waals surface area contributed by atoms with Crippen LogP contribution in [0.1, 0.15) is 17.7 Å². The molecule has 1 aromatic heterocycles. The van der Waals surface area contributed by atoms with Crippen LogP contribution >= 0.6 is 0 Å². The Morgan fingerprint density at radius 1 is 1.33 bits per heavy atom. The molecule has 0 aliphatic rings. The number of nitrogens with zero attached hydrogens (tertiary/aromatic N) is 1. The summed E-state index contributed by atoms with van der Waals surface area (Å²) in [4.78, 5) is 3.58. The van der Waals surface area contributed by atoms with Gasteiger partial charge in [0.2, 0.25) is 0 Å². The molecule has 0 saturated carbocycles. The van der Waals surface area contributed by atoms with Crippen molar-refractivity contribution in [2.24, 2.45) is 5.73 Å². The molecule has 0 bridgehead atoms. The number of pyridine rings is 1. The highest BCUT2D eigenvalue weighted by atomic mass is 19.4. The van der Waals surface area contributed by atoms with Crippen LogP contribution in [-0.2, 0) is 6.18 Å². The normalized spacial score (nSPS) is 10.7. The Labute approximate surface area is 85.3 Å². The maximum atomic E-state index is 12.1. The van der Waals surface area contributed by atoms with Crippen LogP contribution in [0, 0.1) is 11.8 Å². The fourth-order valence-electron chi connectivity index (χ4n) is 0.861. The summed E-state index contributed by atoms with van der Waals surface area (Å²) in [5.41, 5.74) is 4.75. The molecule has 0 aromatic carbocycles. The zero-order valence-corrected chi connectivity index (χ0v) is 7.80. The largest absolute Gasteiger partial charge is 0.417 e. The van der Waals surface area contributed by atoms with Gasteiger partial charge in [-0.05, 0) is 18.1 Å². The minimum absolute atomic E-state index is 0.316. The van der Waals surface area contributed by atoms with Crippen molar-refractivity contribution in [1.82, 2.24) is 4.98 Å². The van der Waals surface area contributed by atoms with Crippen molar-refractivity contribution >= 4 is 0 Å². The highest BCUT2D eigenvalue weighted by molar-refractivity contribution is 5.29. The Kier molecular flexibility index (Phi) is 3.69. The molecule has 2 nitrogen and oxygen atoms in total. The van der Waals surface area contributed by atoms with Gasteiger partial charge < -0.3 is 5.73 Å². The fourth-order valence-corrected chi connectivity index (χ4v) is 0.861. The third-order valence-corrected chi connectivity index (χ3v) is 1.58. The lowest BCUT2D eigenvalue weighted by Crippen LogP contribution is -2.05. The first-order valence-corrected chi connectivity index (χ1v) is 4.26. The minimum Gasteiger partial charge on any atom is -0.330 e. The lowest BCUT2D eigenvalue weighted by Gasteiger charge is -2.04. The highest BCUT2D eigenvalue weighted by Gasteiger charge is 2.30. The number of nitrogens with two attached hydrogens (primary N) is 1. The van der Waals surface area contributed by atoms with E-state index >= 15 is 0 Å². The topological polar surface area (TPSA) is 38.9 Å². The molecule has 5 heteroatoms. The average molecular weight is 214 g/mol. The number of hydrogen-bond donors (Lipinski definition) is 1. The first kappa shape index (κ1) is 11.5. The number of alkyl halides is 3. The maximum Gasteiger partial charge on any atom is 0.417 e. The van der Waals surface area contributed by atoms with Gasteiger partial charge >= 0.3 is 6.18 Å². The Morgan fingerprint density at radius 2 is 2.07 bits per heavy atom. The number of rotatable bonds is 1. The van der Waals surface area contributed by atoms with E-state index in [-0.39, 0.29) is 0 Å². The van der Waals surface area contributed by atoms with E-state index in [9.17, 15) is 13.2 Å². The summed E-state index contributed by atoms with van der Waals surface area (Å²) in [6, 6.07) is 2.20. The minimum atomic E-state index is -4.35. The van der Waals surface area contributed by atoms with Gasteiger partial charge in [0.1, 0.15) is 5.69 Å². The Bertz CT molecular complexity index is 370. The standard InChI is InChI=1S/C10H9F3N2/c11-10(12,13)8-4-5-9(15-7-8)3-1-2-6-14/h4-5,7H,2,6,14H2. The second-order valence-corrected chi connectivity index (χ2v) is 2.77. The molecule has 1 rings (SSSR count). The summed E-state index contributed by atoms with van der Waals surface area (Å²) in [5, 5.41) is 0. The number of hydrogen-bond acceptors (Lipinski definition) is 2. The second-order valence-electron chi connectivity index (χ2n) is 2.77. The zero-order valence-electron chi connectivity index (χ0n) is 7.80. The number of halogens is 3. The molecule has 1 aromatic rings. The van der Waals surface area contributed by atoms with Gasteiger partial charge in [-0.15, -0.1) is 0 Å². The van der Waals surface area contributed by atoms with Gasteiger partial charge in [0.25, 0.3) is 0 Å². The van der Waals surface area contributed by atoms with Crippen molar-refractivity contribution in [3.05, 3.63) is 29.6 Å². The molecule has 0 atom stereocenters. The van der Waals surface area contributed by atoms with Gasteiger partial charge in [0.05, 0.1) is 5.56 Å². The molecule has 0 amide bonds. The van der Waals surface area contributed by atoms with E-state index in [1.54, 1.807) is 0 Å². The van der Waals surface area contributed by atoms with E-state index in [2.05, 4.69) is 16.8 Å². The van der Waals surface area contributed by atoms with Crippen LogP contribution in [0.5, 0.6) is 0 Å². The molecule has 0 fully saturated rings. The summed E-state index contributed by atoms with van der Waals surface area (Å²) in [7, 11) is 0. The van der Waals surface area contributed by atoms with Crippen LogP contribution in [0.4, 0.5) is 13.2 Å². The molecule has 0 saturated heterocycles. The molecule has 0 unspecified atom stereocenters. The first-order chi connectivity index (χ1) is 7.04. The summed E-state index contributed by atoms with van der Waals surface area (Å²) >= 11 is 0. The van der Waals surface area contributed by atoms with Gasteiger partial charge in [0.15, 0.2) is 0 Å². The predicted molar refractivity (Wildman–Crippen MR) is 49.8 cm³/mol. The van der Waals surface area contributed by atoms with E-state index in [4.69, 9.17) is 5.73 Å². The van der Waals surface area contributed by atoms with Crippen molar-refractivity contribution in [3.63, 3.8) is 0 Å². The Hall–Kier alpha value is -1.54. The molecule has 2 N–H and O–H groups in total.